The minimum absolute atomic E-state index is 0.0825. The number of imide groups is 1. The summed E-state index contributed by atoms with van der Waals surface area (Å²) in [5.74, 6) is -17.3. The summed E-state index contributed by atoms with van der Waals surface area (Å²) in [6.45, 7) is -4.27. The topological polar surface area (TPSA) is 461 Å². The van der Waals surface area contributed by atoms with Crippen LogP contribution in [0, 0.1) is 28.5 Å². The van der Waals surface area contributed by atoms with Gasteiger partial charge in [-0.3, -0.25) is 86.3 Å². The number of nitrogens with one attached hydrogen (secondary N) is 2. The van der Waals surface area contributed by atoms with Crippen LogP contribution in [0.2, 0.25) is 0 Å². The second kappa shape index (κ2) is 37.1. The number of fused-ring (bicyclic) bond motifs is 7. The number of benzene rings is 2. The number of carbonyl (C=O) groups excluding carboxylic acids is 17. The van der Waals surface area contributed by atoms with E-state index in [0.29, 0.717) is 0 Å². The van der Waals surface area contributed by atoms with Crippen LogP contribution in [-0.2, 0) is 102 Å². The number of aliphatic carboxylic acids is 1. The number of halogens is 3. The van der Waals surface area contributed by atoms with Gasteiger partial charge in [-0.2, -0.15) is 0 Å². The molecule has 2 aliphatic heterocycles. The third kappa shape index (κ3) is 19.9. The van der Waals surface area contributed by atoms with E-state index in [1.165, 1.54) is 120 Å². The van der Waals surface area contributed by atoms with E-state index in [2.05, 4.69) is 10.6 Å². The highest BCUT2D eigenvalue weighted by Crippen LogP contribution is 2.73. The Kier molecular flexibility index (Phi) is 28.8. The van der Waals surface area contributed by atoms with Crippen molar-refractivity contribution in [2.24, 2.45) is 28.4 Å². The molecule has 2 heterocycles. The molecule has 4 fully saturated rings. The standard InChI is InChI=1S/C77H97F3N14O23/c1-74-23-22-47(95)26-51(74)52(79)27-50-49-28-56-77(75(49,2)30-54(96)76(50,74)80,117-73(116-56)44-14-13-15-45(78)24-44)55(97)41-115-42-82-71(113)53(29-57(81)98)83-58(99)19-17-43-16-18-46(94-59(100)20-21-60(94)101)25-48(43)72(114)93(12)39-69(110)91(10)37-67(108)89(8)35-65(106)87(6)33-63(104)85(4)31-61(102)84(3)32-62(103)86(5)34-64(105)88(7)36-66(107)90(9)38-68(109)92(11)40-70(111)112/h13-16,18,20-26,49-50,52-54,56,73,96H,17,19,27-42H2,1-12H3,(H2,81,98)(H,82,113)(H,83,99)(H,111,112)/t49-,50-,52-,53+,54-,56+,73+,74-,75-,76-,77+/m0/s1. The molecule has 0 unspecified atom stereocenters. The average molecular weight is 1640 g/mol. The van der Waals surface area contributed by atoms with Gasteiger partial charge in [0.1, 0.15) is 37.9 Å². The van der Waals surface area contributed by atoms with E-state index in [1.807, 2.05) is 0 Å². The molecule has 0 spiro atoms. The summed E-state index contributed by atoms with van der Waals surface area (Å²) in [4.78, 5) is 247. The van der Waals surface area contributed by atoms with Gasteiger partial charge in [-0.1, -0.05) is 31.2 Å². The first-order valence-electron chi connectivity index (χ1n) is 37.0. The number of nitrogens with zero attached hydrogens (tertiary/aromatic N) is 11. The van der Waals surface area contributed by atoms with Crippen molar-refractivity contribution >= 4 is 112 Å². The van der Waals surface area contributed by atoms with Crippen LogP contribution in [0.4, 0.5) is 18.9 Å². The zero-order valence-electron chi connectivity index (χ0n) is 66.8. The number of nitrogens with two attached hydrogens (primary N) is 1. The van der Waals surface area contributed by atoms with Crippen LogP contribution in [0.5, 0.6) is 0 Å². The molecule has 11 atom stereocenters. The molecular weight excluding hydrogens is 1550 g/mol. The van der Waals surface area contributed by atoms with Gasteiger partial charge in [0, 0.05) is 117 Å². The summed E-state index contributed by atoms with van der Waals surface area (Å²) in [5, 5.41) is 25.8. The van der Waals surface area contributed by atoms with Crippen LogP contribution in [0.1, 0.15) is 73.7 Å². The summed E-state index contributed by atoms with van der Waals surface area (Å²) in [5.41, 5.74) is -2.51. The number of rotatable bonds is 35. The van der Waals surface area contributed by atoms with Crippen molar-refractivity contribution in [3.05, 3.63) is 101 Å². The fraction of sp³-hybridized carbons (Fsp3) is 0.532. The molecule has 634 valence electrons. The van der Waals surface area contributed by atoms with E-state index in [9.17, 15) is 91.0 Å². The van der Waals surface area contributed by atoms with Crippen LogP contribution in [-0.4, -0.2) is 350 Å². The van der Waals surface area contributed by atoms with Gasteiger partial charge in [0.15, 0.2) is 29.1 Å². The molecule has 1 saturated heterocycles. The Balaban J connectivity index is 0.817. The molecule has 2 aromatic rings. The van der Waals surface area contributed by atoms with Gasteiger partial charge in [-0.05, 0) is 86.1 Å². The first-order chi connectivity index (χ1) is 54.7. The Hall–Kier alpha value is -11.7. The summed E-state index contributed by atoms with van der Waals surface area (Å²) in [6, 6.07) is 7.32. The molecule has 15 amide bonds. The van der Waals surface area contributed by atoms with Gasteiger partial charge in [0.25, 0.3) is 17.7 Å². The smallest absolute Gasteiger partial charge is 0.323 e. The number of amides is 15. The van der Waals surface area contributed by atoms with Gasteiger partial charge >= 0.3 is 5.97 Å². The lowest BCUT2D eigenvalue weighted by atomic mass is 9.44. The van der Waals surface area contributed by atoms with Gasteiger partial charge in [0.05, 0.1) is 83.2 Å². The Morgan fingerprint density at radius 3 is 1.56 bits per heavy atom. The summed E-state index contributed by atoms with van der Waals surface area (Å²) < 4.78 is 67.9. The number of Topliss-reactive ketones (excluding diaryl/α,β-unsaturated/α-hetero) is 1. The van der Waals surface area contributed by atoms with E-state index < -0.39 is 281 Å². The number of ether oxygens (including phenoxy) is 3. The number of primary amides is 1. The molecule has 2 aromatic carbocycles. The molecule has 6 N–H and O–H groups in total. The molecule has 117 heavy (non-hydrogen) atoms. The van der Waals surface area contributed by atoms with E-state index >= 15 is 13.6 Å². The Morgan fingerprint density at radius 1 is 0.632 bits per heavy atom. The van der Waals surface area contributed by atoms with Crippen LogP contribution in [0.25, 0.3) is 0 Å². The van der Waals surface area contributed by atoms with Crippen molar-refractivity contribution in [3.8, 4) is 0 Å². The zero-order chi connectivity index (χ0) is 87.0. The molecule has 0 radical (unpaired) electrons. The molecule has 0 bridgehead atoms. The molecule has 8 rings (SSSR count). The predicted molar refractivity (Wildman–Crippen MR) is 401 cm³/mol. The number of ketones is 2. The SMILES string of the molecule is CN(CC(=O)O)C(=O)CN(C)C(=O)CN(C)C(=O)CN(C)C(=O)CN(C)C(=O)CN(C)C(=O)CN(C)C(=O)CN(C)C(=O)CN(C)C(=O)CN(C)C(=O)c1cc(N2C(=O)C=CC2=O)ccc1CCC(=O)N[C@H](CC(N)=O)C(=O)NCOCC(=O)[C@@]12O[C@H](c3cccc(F)c3)O[C@@H]1C[C@H]1[C@@H]3C[C@H](F)C4=CC(=O)C=C[C@]4(C)[C@@]3(F)[C@@H](O)C[C@@]12C. The van der Waals surface area contributed by atoms with Gasteiger partial charge in [0.2, 0.25) is 70.9 Å². The van der Waals surface area contributed by atoms with Gasteiger partial charge < -0.3 is 89.8 Å². The Bertz CT molecular complexity index is 4450. The maximum Gasteiger partial charge on any atom is 0.323 e. The second-order valence-electron chi connectivity index (χ2n) is 30.7. The van der Waals surface area contributed by atoms with Crippen LogP contribution in [0.15, 0.2) is 78.4 Å². The number of aliphatic hydroxyl groups is 1. The van der Waals surface area contributed by atoms with Crippen LogP contribution < -0.4 is 21.3 Å². The molecule has 4 aliphatic carbocycles. The van der Waals surface area contributed by atoms with Crippen molar-refractivity contribution < 1.29 is 124 Å². The van der Waals surface area contributed by atoms with Crippen LogP contribution >= 0.6 is 0 Å². The lowest BCUT2D eigenvalue weighted by Crippen LogP contribution is -2.70. The van der Waals surface area contributed by atoms with Crippen molar-refractivity contribution in [2.75, 3.05) is 154 Å². The lowest BCUT2D eigenvalue weighted by molar-refractivity contribution is -0.235. The third-order valence-electron chi connectivity index (χ3n) is 22.5. The number of carbonyl (C=O) groups is 18. The van der Waals surface area contributed by atoms with Gasteiger partial charge in [-0.25, -0.2) is 18.1 Å². The highest BCUT2D eigenvalue weighted by molar-refractivity contribution is 6.28. The number of hydrogen-bond acceptors (Lipinski definition) is 22. The fourth-order valence-corrected chi connectivity index (χ4v) is 15.6. The summed E-state index contributed by atoms with van der Waals surface area (Å²) in [7, 11) is 12.5. The van der Waals surface area contributed by atoms with Gasteiger partial charge in [-0.15, -0.1) is 0 Å². The Labute approximate surface area is 670 Å². The number of hydrogen-bond donors (Lipinski definition) is 5. The number of carboxylic acid groups (broad SMARTS) is 1. The molecule has 40 heteroatoms. The Morgan fingerprint density at radius 2 is 1.10 bits per heavy atom. The van der Waals surface area contributed by atoms with Crippen molar-refractivity contribution in [2.45, 2.75) is 94.4 Å². The normalized spacial score (nSPS) is 23.4. The largest absolute Gasteiger partial charge is 0.480 e. The fourth-order valence-electron chi connectivity index (χ4n) is 15.6. The number of alkyl halides is 2. The number of aliphatic hydroxyl groups excluding tert-OH is 1. The maximum absolute atomic E-state index is 18.2. The van der Waals surface area contributed by atoms with E-state index in [0.717, 1.165) is 84.3 Å². The quantitative estimate of drug-likeness (QED) is 0.0266. The first kappa shape index (κ1) is 90.9. The summed E-state index contributed by atoms with van der Waals surface area (Å²) in [6.07, 6.45) is -3.41. The van der Waals surface area contributed by atoms with E-state index in [1.54, 1.807) is 6.92 Å². The number of allylic oxidation sites excluding steroid dienone is 4. The number of aryl methyl sites for hydroxylation is 1. The van der Waals surface area contributed by atoms with Crippen molar-refractivity contribution in [1.29, 1.82) is 0 Å². The zero-order valence-corrected chi connectivity index (χ0v) is 66.8. The van der Waals surface area contributed by atoms with E-state index in [-0.39, 0.29) is 40.8 Å². The van der Waals surface area contributed by atoms with Crippen LogP contribution in [0.3, 0.4) is 0 Å². The molecule has 37 nitrogen and oxygen atoms in total. The number of likely N-dealkylation sites (N-methyl/N-ethyl adjacent to an activating group) is 10. The number of carboxylic acids is 1. The van der Waals surface area contributed by atoms with Crippen molar-refractivity contribution in [1.82, 2.24) is 59.6 Å². The lowest BCUT2D eigenvalue weighted by Gasteiger charge is -2.63. The molecule has 0 aromatic heterocycles. The predicted octanol–water partition coefficient (Wildman–Crippen LogP) is -2.73. The highest BCUT2D eigenvalue weighted by atomic mass is 19.1. The monoisotopic (exact) mass is 1640 g/mol. The number of anilines is 1. The molecule has 3 saturated carbocycles. The molecule has 6 aliphatic rings. The second-order valence-corrected chi connectivity index (χ2v) is 30.7. The summed E-state index contributed by atoms with van der Waals surface area (Å²) >= 11 is 0. The van der Waals surface area contributed by atoms with E-state index in [4.69, 9.17) is 25.1 Å². The highest BCUT2D eigenvalue weighted by Gasteiger charge is 2.80. The molecular formula is C77H97F3N14O23. The minimum atomic E-state index is -2.54. The third-order valence-corrected chi connectivity index (χ3v) is 22.5. The van der Waals surface area contributed by atoms with Crippen molar-refractivity contribution in [3.63, 3.8) is 0 Å². The minimum Gasteiger partial charge on any atom is -0.480 e. The maximum atomic E-state index is 18.2. The average Bonchev–Trinajstić information content (AvgIpc) is 1.50. The first-order valence-corrected chi connectivity index (χ1v) is 37.0.